The van der Waals surface area contributed by atoms with E-state index >= 15 is 0 Å². The van der Waals surface area contributed by atoms with Gasteiger partial charge in [-0.05, 0) is 10.1 Å². The Morgan fingerprint density at radius 1 is 1.17 bits per heavy atom. The first-order valence-corrected chi connectivity index (χ1v) is 11.0. The molecule has 10 nitrogen and oxygen atoms in total. The molecule has 0 amide bonds. The van der Waals surface area contributed by atoms with E-state index in [4.69, 9.17) is 16.2 Å². The molecule has 0 bridgehead atoms. The van der Waals surface area contributed by atoms with Crippen LogP contribution in [0.4, 0.5) is 11.8 Å². The summed E-state index contributed by atoms with van der Waals surface area (Å²) in [6.45, 7) is 11.8. The van der Waals surface area contributed by atoms with Crippen LogP contribution in [0.1, 0.15) is 47.8 Å². The zero-order chi connectivity index (χ0) is 21.9. The van der Waals surface area contributed by atoms with E-state index in [2.05, 4.69) is 15.0 Å². The van der Waals surface area contributed by atoms with Crippen molar-refractivity contribution in [3.8, 4) is 0 Å². The van der Waals surface area contributed by atoms with Crippen LogP contribution in [0.2, 0.25) is 10.1 Å². The number of hydrogen-bond acceptors (Lipinski definition) is 9. The van der Waals surface area contributed by atoms with Gasteiger partial charge in [0.1, 0.15) is 31.7 Å². The zero-order valence-corrected chi connectivity index (χ0v) is 18.7. The molecule has 0 saturated carbocycles. The zero-order valence-electron chi connectivity index (χ0n) is 17.7. The third-order valence-corrected chi connectivity index (χ3v) is 9.63. The summed E-state index contributed by atoms with van der Waals surface area (Å²) in [4.78, 5) is 12.4. The van der Waals surface area contributed by atoms with Gasteiger partial charge in [0.25, 0.3) is 0 Å². The highest BCUT2D eigenvalue weighted by Gasteiger charge is 2.65. The molecule has 4 atom stereocenters. The van der Waals surface area contributed by atoms with E-state index in [0.717, 1.165) is 0 Å². The lowest BCUT2D eigenvalue weighted by molar-refractivity contribution is -0.0667. The molecule has 1 aliphatic rings. The lowest BCUT2D eigenvalue weighted by Crippen LogP contribution is -2.64. The number of anilines is 2. The molecule has 0 aromatic carbocycles. The summed E-state index contributed by atoms with van der Waals surface area (Å²) in [5, 5.41) is 30.8. The van der Waals surface area contributed by atoms with Crippen LogP contribution in [0.5, 0.6) is 0 Å². The van der Waals surface area contributed by atoms with E-state index in [1.54, 1.807) is 0 Å². The lowest BCUT2D eigenvalue weighted by Gasteiger charge is -2.50. The second-order valence-corrected chi connectivity index (χ2v) is 14.2. The molecule has 2 aromatic rings. The summed E-state index contributed by atoms with van der Waals surface area (Å²) in [5.74, 6) is 0.0823. The van der Waals surface area contributed by atoms with Crippen molar-refractivity contribution in [3.63, 3.8) is 0 Å². The molecule has 1 fully saturated rings. The molecule has 3 rings (SSSR count). The molecule has 3 heterocycles. The Balaban J connectivity index is 2.27. The van der Waals surface area contributed by atoms with Crippen molar-refractivity contribution in [1.82, 2.24) is 19.5 Å². The number of nitrogen functional groups attached to an aromatic ring is 2. The topological polar surface area (TPSA) is 166 Å². The van der Waals surface area contributed by atoms with Crippen LogP contribution in [-0.4, -0.2) is 67.7 Å². The second kappa shape index (κ2) is 6.88. The van der Waals surface area contributed by atoms with Crippen LogP contribution in [0, 0.1) is 0 Å². The maximum atomic E-state index is 12.1. The first-order chi connectivity index (χ1) is 13.2. The predicted octanol–water partition coefficient (Wildman–Crippen LogP) is 0.607. The number of aliphatic hydroxyl groups is 3. The van der Waals surface area contributed by atoms with Crippen molar-refractivity contribution in [2.45, 2.75) is 75.3 Å². The second-order valence-electron chi connectivity index (χ2n) is 9.65. The molecule has 29 heavy (non-hydrogen) atoms. The molecule has 0 spiro atoms. The third-order valence-electron chi connectivity index (χ3n) is 5.28. The highest BCUT2D eigenvalue weighted by atomic mass is 28.3. The minimum atomic E-state index is -1.79. The molecular formula is C18H31N6O4Si. The minimum Gasteiger partial charge on any atom is -0.394 e. The molecule has 0 unspecified atom stereocenters. The van der Waals surface area contributed by atoms with E-state index in [-0.39, 0.29) is 21.8 Å². The van der Waals surface area contributed by atoms with Crippen molar-refractivity contribution in [3.05, 3.63) is 6.33 Å². The van der Waals surface area contributed by atoms with Gasteiger partial charge in [-0.15, -0.1) is 0 Å². The van der Waals surface area contributed by atoms with Gasteiger partial charge < -0.3 is 31.5 Å². The lowest BCUT2D eigenvalue weighted by atomic mass is 10.1. The summed E-state index contributed by atoms with van der Waals surface area (Å²) in [7, 11) is -1.79. The van der Waals surface area contributed by atoms with Gasteiger partial charge in [-0.25, -0.2) is 4.98 Å². The largest absolute Gasteiger partial charge is 0.394 e. The van der Waals surface area contributed by atoms with E-state index in [1.807, 2.05) is 41.5 Å². The highest BCUT2D eigenvalue weighted by Crippen LogP contribution is 2.54. The highest BCUT2D eigenvalue weighted by molar-refractivity contribution is 6.68. The standard InChI is InChI=1S/C18H31N6O4Si/c1-16(2,3)29(17(4,5)6)18(27)11(26)9(7-25)28-14(18)24-8-21-10-12(19)22-15(20)23-13(10)24/h8-9,11,14,25-27H,7H2,1-6H3,(H4,19,20,22,23)/t9-,11-,14-,18+/m1/s1. The Kier molecular flexibility index (Phi) is 5.19. The van der Waals surface area contributed by atoms with Gasteiger partial charge in [0.15, 0.2) is 17.7 Å². The summed E-state index contributed by atoms with van der Waals surface area (Å²) in [5.41, 5.74) is 12.3. The Bertz CT molecular complexity index is 894. The average Bonchev–Trinajstić information content (AvgIpc) is 3.05. The normalized spacial score (nSPS) is 28.6. The van der Waals surface area contributed by atoms with Gasteiger partial charge in [-0.1, -0.05) is 41.5 Å². The number of aromatic nitrogens is 4. The number of nitrogens with two attached hydrogens (primary N) is 2. The molecule has 1 radical (unpaired) electrons. The molecule has 0 aliphatic carbocycles. The van der Waals surface area contributed by atoms with Crippen LogP contribution in [0.15, 0.2) is 6.33 Å². The number of aliphatic hydroxyl groups excluding tert-OH is 2. The Hall–Kier alpha value is -1.79. The fourth-order valence-electron chi connectivity index (χ4n) is 4.92. The number of ether oxygens (including phenoxy) is 1. The maximum Gasteiger partial charge on any atom is 0.224 e. The molecule has 2 aromatic heterocycles. The summed E-state index contributed by atoms with van der Waals surface area (Å²) < 4.78 is 7.53. The summed E-state index contributed by atoms with van der Waals surface area (Å²) in [6.07, 6.45) is -1.83. The van der Waals surface area contributed by atoms with Crippen LogP contribution in [0.3, 0.4) is 0 Å². The van der Waals surface area contributed by atoms with Crippen molar-refractivity contribution in [1.29, 1.82) is 0 Å². The Morgan fingerprint density at radius 2 is 1.76 bits per heavy atom. The van der Waals surface area contributed by atoms with Crippen LogP contribution in [-0.2, 0) is 4.74 Å². The number of hydrogen-bond donors (Lipinski definition) is 5. The fourth-order valence-corrected chi connectivity index (χ4v) is 10.5. The molecule has 1 saturated heterocycles. The number of rotatable bonds is 3. The summed E-state index contributed by atoms with van der Waals surface area (Å²) >= 11 is 0. The minimum absolute atomic E-state index is 0.0327. The van der Waals surface area contributed by atoms with Gasteiger partial charge in [-0.2, -0.15) is 9.97 Å². The van der Waals surface area contributed by atoms with E-state index in [9.17, 15) is 15.3 Å². The van der Waals surface area contributed by atoms with Crippen molar-refractivity contribution < 1.29 is 20.1 Å². The van der Waals surface area contributed by atoms with Crippen molar-refractivity contribution >= 4 is 31.7 Å². The SMILES string of the molecule is CC(C)(C)[Si](C(C)(C)C)[C@@]1(O)[C@H](O)[C@@H](CO)O[C@H]1n1cnc2c(N)nc(N)nc21. The number of imidazole rings is 1. The first kappa shape index (κ1) is 21.9. The van der Waals surface area contributed by atoms with Crippen LogP contribution in [0.25, 0.3) is 11.2 Å². The molecule has 161 valence electrons. The van der Waals surface area contributed by atoms with Gasteiger partial charge in [0, 0.05) is 0 Å². The van der Waals surface area contributed by atoms with Gasteiger partial charge in [-0.3, -0.25) is 4.57 Å². The molecule has 7 N–H and O–H groups in total. The number of fused-ring (bicyclic) bond motifs is 1. The predicted molar refractivity (Wildman–Crippen MR) is 111 cm³/mol. The van der Waals surface area contributed by atoms with E-state index in [0.29, 0.717) is 11.2 Å². The monoisotopic (exact) mass is 423 g/mol. The smallest absolute Gasteiger partial charge is 0.224 e. The van der Waals surface area contributed by atoms with Crippen molar-refractivity contribution in [2.24, 2.45) is 0 Å². The molecular weight excluding hydrogens is 392 g/mol. The quantitative estimate of drug-likeness (QED) is 0.444. The number of nitrogens with zero attached hydrogens (tertiary/aromatic N) is 4. The van der Waals surface area contributed by atoms with Gasteiger partial charge in [0.05, 0.1) is 12.9 Å². The maximum absolute atomic E-state index is 12.1. The van der Waals surface area contributed by atoms with E-state index in [1.165, 1.54) is 10.9 Å². The third kappa shape index (κ3) is 3.40. The van der Waals surface area contributed by atoms with Gasteiger partial charge in [0.2, 0.25) is 5.95 Å². The Morgan fingerprint density at radius 3 is 2.28 bits per heavy atom. The average molecular weight is 424 g/mol. The van der Waals surface area contributed by atoms with E-state index < -0.39 is 39.1 Å². The Labute approximate surface area is 171 Å². The fraction of sp³-hybridized carbons (Fsp3) is 0.722. The van der Waals surface area contributed by atoms with Crippen LogP contribution < -0.4 is 11.5 Å². The van der Waals surface area contributed by atoms with Crippen molar-refractivity contribution in [2.75, 3.05) is 18.1 Å². The molecule has 11 heteroatoms. The van der Waals surface area contributed by atoms with Gasteiger partial charge >= 0.3 is 0 Å². The van der Waals surface area contributed by atoms with Crippen LogP contribution >= 0.6 is 0 Å². The molecule has 1 aliphatic heterocycles. The first-order valence-electron chi connectivity index (χ1n) is 9.53. The summed E-state index contributed by atoms with van der Waals surface area (Å²) in [6, 6.07) is 0.